The minimum atomic E-state index is -0.518. The Morgan fingerprint density at radius 1 is 1.21 bits per heavy atom. The molecular formula is C26H21ClFNO4. The molecule has 0 aliphatic carbocycles. The molecule has 7 heteroatoms. The number of nitrogens with zero attached hydrogens (tertiary/aromatic N) is 1. The van der Waals surface area contributed by atoms with E-state index < -0.39 is 5.82 Å². The van der Waals surface area contributed by atoms with Crippen LogP contribution >= 0.6 is 11.6 Å². The first-order valence-electron chi connectivity index (χ1n) is 10.5. The number of hydrogen-bond donors (Lipinski definition) is 0. The summed E-state index contributed by atoms with van der Waals surface area (Å²) >= 11 is 6.14. The number of hydrogen-bond acceptors (Lipinski definition) is 5. The first kappa shape index (κ1) is 21.5. The Hall–Kier alpha value is -3.35. The lowest BCUT2D eigenvalue weighted by Crippen LogP contribution is -2.31. The predicted octanol–water partition coefficient (Wildman–Crippen LogP) is 5.76. The topological polar surface area (TPSA) is 48.0 Å². The summed E-state index contributed by atoms with van der Waals surface area (Å²) in [4.78, 5) is 15.3. The maximum absolute atomic E-state index is 14.3. The fraction of sp³-hybridized carbons (Fsp3) is 0.192. The van der Waals surface area contributed by atoms with E-state index in [2.05, 4.69) is 4.90 Å². The van der Waals surface area contributed by atoms with Crippen LogP contribution in [-0.4, -0.2) is 24.5 Å². The van der Waals surface area contributed by atoms with Crippen molar-refractivity contribution in [2.75, 3.05) is 13.8 Å². The van der Waals surface area contributed by atoms with Gasteiger partial charge in [-0.25, -0.2) is 4.39 Å². The third-order valence-corrected chi connectivity index (χ3v) is 6.16. The maximum atomic E-state index is 14.3. The molecule has 5 nitrogen and oxygen atoms in total. The molecule has 0 bridgehead atoms. The average Bonchev–Trinajstić information content (AvgIpc) is 3.14. The molecule has 2 aliphatic heterocycles. The number of Topliss-reactive ketones (excluding diaryl/α,β-unsaturated/α-hetero) is 1. The fourth-order valence-corrected chi connectivity index (χ4v) is 4.36. The highest BCUT2D eigenvalue weighted by atomic mass is 35.5. The summed E-state index contributed by atoms with van der Waals surface area (Å²) in [7, 11) is 1.64. The van der Waals surface area contributed by atoms with Gasteiger partial charge in [0, 0.05) is 18.7 Å². The van der Waals surface area contributed by atoms with Crippen LogP contribution in [-0.2, 0) is 13.1 Å². The number of carbonyl (C=O) groups is 1. The van der Waals surface area contributed by atoms with Gasteiger partial charge in [0.05, 0.1) is 23.3 Å². The number of carbonyl (C=O) groups excluding carboxylic acids is 1. The lowest BCUT2D eigenvalue weighted by atomic mass is 9.98. The van der Waals surface area contributed by atoms with Gasteiger partial charge >= 0.3 is 0 Å². The van der Waals surface area contributed by atoms with E-state index in [-0.39, 0.29) is 22.1 Å². The summed E-state index contributed by atoms with van der Waals surface area (Å²) in [6, 6.07) is 14.1. The van der Waals surface area contributed by atoms with Gasteiger partial charge in [0.1, 0.15) is 29.8 Å². The van der Waals surface area contributed by atoms with Crippen molar-refractivity contribution < 1.29 is 23.4 Å². The van der Waals surface area contributed by atoms with Crippen molar-refractivity contribution in [2.45, 2.75) is 20.0 Å². The first-order valence-corrected chi connectivity index (χ1v) is 10.8. The second-order valence-electron chi connectivity index (χ2n) is 8.06. The molecule has 2 aliphatic rings. The van der Waals surface area contributed by atoms with Crippen molar-refractivity contribution in [1.82, 2.24) is 4.90 Å². The molecule has 0 spiro atoms. The standard InChI is InChI=1S/C26H21ClFNO4/c1-15-10-22-19(13-29(14-32-22)12-16-6-8-17(31-2)9-7-16)26-24(15)25(30)23(33-26)11-18-20(27)4-3-5-21(18)28/h3-11H,12-14H2,1-2H3/b23-11-. The fourth-order valence-electron chi connectivity index (χ4n) is 4.15. The van der Waals surface area contributed by atoms with Gasteiger partial charge < -0.3 is 14.2 Å². The van der Waals surface area contributed by atoms with Gasteiger partial charge in [-0.2, -0.15) is 0 Å². The number of benzene rings is 3. The van der Waals surface area contributed by atoms with E-state index in [1.807, 2.05) is 37.3 Å². The number of allylic oxidation sites excluding steroid dienone is 1. The van der Waals surface area contributed by atoms with Gasteiger partial charge in [-0.1, -0.05) is 29.8 Å². The first-order chi connectivity index (χ1) is 15.9. The van der Waals surface area contributed by atoms with Crippen molar-refractivity contribution >= 4 is 23.5 Å². The average molecular weight is 466 g/mol. The molecule has 3 aromatic carbocycles. The molecule has 168 valence electrons. The van der Waals surface area contributed by atoms with Crippen LogP contribution in [0.15, 0.2) is 54.3 Å². The zero-order chi connectivity index (χ0) is 23.1. The van der Waals surface area contributed by atoms with Crippen molar-refractivity contribution in [2.24, 2.45) is 0 Å². The summed E-state index contributed by atoms with van der Waals surface area (Å²) in [5, 5.41) is 0.211. The Labute approximate surface area is 195 Å². The van der Waals surface area contributed by atoms with Crippen molar-refractivity contribution in [1.29, 1.82) is 0 Å². The molecule has 0 saturated heterocycles. The highest BCUT2D eigenvalue weighted by molar-refractivity contribution is 6.32. The largest absolute Gasteiger partial charge is 0.497 e. The predicted molar refractivity (Wildman–Crippen MR) is 123 cm³/mol. The smallest absolute Gasteiger partial charge is 0.232 e. The van der Waals surface area contributed by atoms with Crippen LogP contribution in [0.1, 0.15) is 32.6 Å². The van der Waals surface area contributed by atoms with Crippen LogP contribution in [0.5, 0.6) is 17.2 Å². The summed E-state index contributed by atoms with van der Waals surface area (Å²) in [5.41, 5.74) is 3.26. The number of rotatable bonds is 4. The molecule has 0 amide bonds. The van der Waals surface area contributed by atoms with E-state index in [1.165, 1.54) is 18.2 Å². The molecule has 0 N–H and O–H groups in total. The van der Waals surface area contributed by atoms with Crippen LogP contribution in [0.25, 0.3) is 6.08 Å². The maximum Gasteiger partial charge on any atom is 0.232 e. The molecule has 0 fully saturated rings. The third-order valence-electron chi connectivity index (χ3n) is 5.83. The lowest BCUT2D eigenvalue weighted by Gasteiger charge is -2.30. The molecule has 2 heterocycles. The van der Waals surface area contributed by atoms with Gasteiger partial charge in [0.25, 0.3) is 0 Å². The van der Waals surface area contributed by atoms with Crippen LogP contribution in [0.3, 0.4) is 0 Å². The van der Waals surface area contributed by atoms with Gasteiger partial charge in [-0.3, -0.25) is 9.69 Å². The summed E-state index contributed by atoms with van der Waals surface area (Å²) in [5.74, 6) is 1.18. The van der Waals surface area contributed by atoms with Crippen molar-refractivity contribution in [3.05, 3.63) is 92.9 Å². The molecule has 33 heavy (non-hydrogen) atoms. The van der Waals surface area contributed by atoms with Gasteiger partial charge in [0.15, 0.2) is 5.76 Å². The van der Waals surface area contributed by atoms with Crippen molar-refractivity contribution in [3.63, 3.8) is 0 Å². The van der Waals surface area contributed by atoms with Gasteiger partial charge in [0.2, 0.25) is 5.78 Å². The Balaban J connectivity index is 1.46. The molecule has 5 rings (SSSR count). The van der Waals surface area contributed by atoms with Gasteiger partial charge in [-0.15, -0.1) is 0 Å². The number of ketones is 1. The van der Waals surface area contributed by atoms with Crippen molar-refractivity contribution in [3.8, 4) is 17.2 Å². The molecule has 3 aromatic rings. The van der Waals surface area contributed by atoms with E-state index in [0.717, 1.165) is 22.4 Å². The quantitative estimate of drug-likeness (QED) is 0.458. The summed E-state index contributed by atoms with van der Waals surface area (Å²) in [6.45, 7) is 3.46. The highest BCUT2D eigenvalue weighted by Crippen LogP contribution is 2.44. The summed E-state index contributed by atoms with van der Waals surface area (Å²) < 4.78 is 31.5. The van der Waals surface area contributed by atoms with Crippen LogP contribution in [0, 0.1) is 12.7 Å². The number of aryl methyl sites for hydroxylation is 1. The van der Waals surface area contributed by atoms with Crippen LogP contribution in [0.4, 0.5) is 4.39 Å². The van der Waals surface area contributed by atoms with Crippen LogP contribution < -0.4 is 14.2 Å². The second kappa shape index (κ2) is 8.54. The molecule has 0 aromatic heterocycles. The molecule has 0 unspecified atom stereocenters. The molecule has 0 saturated carbocycles. The zero-order valence-corrected chi connectivity index (χ0v) is 18.9. The normalized spacial score (nSPS) is 16.2. The van der Waals surface area contributed by atoms with Crippen LogP contribution in [0.2, 0.25) is 5.02 Å². The van der Waals surface area contributed by atoms with E-state index in [9.17, 15) is 9.18 Å². The Kier molecular flexibility index (Phi) is 5.56. The lowest BCUT2D eigenvalue weighted by molar-refractivity contribution is 0.0872. The zero-order valence-electron chi connectivity index (χ0n) is 18.2. The van der Waals surface area contributed by atoms with E-state index in [0.29, 0.717) is 36.9 Å². The third kappa shape index (κ3) is 3.96. The monoisotopic (exact) mass is 465 g/mol. The molecule has 0 atom stereocenters. The Morgan fingerprint density at radius 3 is 2.73 bits per heavy atom. The van der Waals surface area contributed by atoms with E-state index in [1.54, 1.807) is 13.2 Å². The minimum absolute atomic E-state index is 0.0424. The number of halogens is 2. The molecular weight excluding hydrogens is 445 g/mol. The highest BCUT2D eigenvalue weighted by Gasteiger charge is 2.35. The second-order valence-corrected chi connectivity index (χ2v) is 8.47. The van der Waals surface area contributed by atoms with E-state index >= 15 is 0 Å². The van der Waals surface area contributed by atoms with E-state index in [4.69, 9.17) is 25.8 Å². The summed E-state index contributed by atoms with van der Waals surface area (Å²) in [6.07, 6.45) is 1.37. The SMILES string of the molecule is COc1ccc(CN2COc3cc(C)c4c(c3C2)O/C(=C\c2c(F)cccc2Cl)C4=O)cc1. The minimum Gasteiger partial charge on any atom is -0.497 e. The molecule has 0 radical (unpaired) electrons. The number of ether oxygens (including phenoxy) is 3. The van der Waals surface area contributed by atoms with Gasteiger partial charge in [-0.05, 0) is 54.5 Å². The Bertz CT molecular complexity index is 1270. The number of methoxy groups -OCH3 is 1. The number of fused-ring (bicyclic) bond motifs is 3. The Morgan fingerprint density at radius 2 is 2.00 bits per heavy atom.